The molecule has 0 radical (unpaired) electrons. The maximum atomic E-state index is 13.0. The molecule has 0 aromatic heterocycles. The van der Waals surface area contributed by atoms with Crippen molar-refractivity contribution in [3.8, 4) is 0 Å². The van der Waals surface area contributed by atoms with E-state index in [-0.39, 0.29) is 5.83 Å². The molecule has 0 aliphatic heterocycles. The van der Waals surface area contributed by atoms with Gasteiger partial charge in [-0.1, -0.05) is 74.3 Å². The third kappa shape index (κ3) is 9.35. The van der Waals surface area contributed by atoms with Crippen LogP contribution in [-0.2, 0) is 4.79 Å². The normalized spacial score (nSPS) is 24.5. The molecule has 0 bridgehead atoms. The van der Waals surface area contributed by atoms with Gasteiger partial charge in [-0.25, -0.2) is 4.39 Å². The number of Topliss-reactive ketones (excluding diaryl/α,β-unsaturated/α-hetero) is 1. The van der Waals surface area contributed by atoms with Crippen LogP contribution in [-0.4, -0.2) is 5.78 Å². The van der Waals surface area contributed by atoms with Crippen molar-refractivity contribution in [3.05, 3.63) is 11.9 Å². The van der Waals surface area contributed by atoms with Crippen LogP contribution in [0.3, 0.4) is 0 Å². The average molecular weight is 409 g/mol. The summed E-state index contributed by atoms with van der Waals surface area (Å²) in [6.45, 7) is 17.9. The Morgan fingerprint density at radius 1 is 1.03 bits per heavy atom. The van der Waals surface area contributed by atoms with E-state index in [1.165, 1.54) is 25.7 Å². The summed E-state index contributed by atoms with van der Waals surface area (Å²) in [5.41, 5.74) is 0.491. The fraction of sp³-hybridized carbons (Fsp3) is 0.889. The molecule has 0 spiro atoms. The van der Waals surface area contributed by atoms with Crippen LogP contribution in [0, 0.1) is 40.9 Å². The lowest BCUT2D eigenvalue weighted by molar-refractivity contribution is -0.121. The first kappa shape index (κ1) is 26.4. The van der Waals surface area contributed by atoms with E-state index >= 15 is 0 Å². The van der Waals surface area contributed by atoms with Crippen molar-refractivity contribution in [3.63, 3.8) is 0 Å². The second-order valence-corrected chi connectivity index (χ2v) is 11.5. The van der Waals surface area contributed by atoms with Crippen LogP contribution in [0.5, 0.6) is 0 Å². The van der Waals surface area contributed by atoms with Gasteiger partial charge >= 0.3 is 0 Å². The first-order valence-electron chi connectivity index (χ1n) is 12.3. The van der Waals surface area contributed by atoms with Gasteiger partial charge in [-0.05, 0) is 73.0 Å². The minimum Gasteiger partial charge on any atom is -0.300 e. The molecule has 29 heavy (non-hydrogen) atoms. The standard InChI is InChI=1S/C14H23F.C13H26O/c1-14(2)10-4-3-5-13(14)11-6-8-12(15)9-7-11;1-9(2)7-12(14)8-13(10(3)4)11(5)6/h8,11,13H,3-7,9-10H2,1-2H3;9-11,13H,7-8H2,1-6H3. The van der Waals surface area contributed by atoms with E-state index < -0.39 is 0 Å². The highest BCUT2D eigenvalue weighted by molar-refractivity contribution is 5.78. The molecule has 1 nitrogen and oxygen atoms in total. The minimum atomic E-state index is 0.125. The van der Waals surface area contributed by atoms with Crippen LogP contribution >= 0.6 is 0 Å². The Hall–Kier alpha value is -0.660. The first-order valence-corrected chi connectivity index (χ1v) is 12.3. The Morgan fingerprint density at radius 3 is 2.10 bits per heavy atom. The number of carbonyl (C=O) groups excluding carboxylic acids is 1. The molecule has 170 valence electrons. The van der Waals surface area contributed by atoms with Gasteiger partial charge in [0.2, 0.25) is 0 Å². The second-order valence-electron chi connectivity index (χ2n) is 11.5. The fourth-order valence-electron chi connectivity index (χ4n) is 5.63. The molecule has 2 aliphatic carbocycles. The fourth-order valence-corrected chi connectivity index (χ4v) is 5.63. The van der Waals surface area contributed by atoms with E-state index in [2.05, 4.69) is 55.4 Å². The van der Waals surface area contributed by atoms with Gasteiger partial charge in [-0.3, -0.25) is 4.79 Å². The van der Waals surface area contributed by atoms with Crippen LogP contribution in [0.25, 0.3) is 0 Å². The lowest BCUT2D eigenvalue weighted by Gasteiger charge is -2.44. The first-order chi connectivity index (χ1) is 13.4. The van der Waals surface area contributed by atoms with Gasteiger partial charge in [0.1, 0.15) is 5.78 Å². The lowest BCUT2D eigenvalue weighted by Crippen LogP contribution is -2.34. The maximum absolute atomic E-state index is 13.0. The second kappa shape index (κ2) is 12.3. The zero-order valence-electron chi connectivity index (χ0n) is 20.7. The van der Waals surface area contributed by atoms with E-state index in [1.54, 1.807) is 0 Å². The van der Waals surface area contributed by atoms with Gasteiger partial charge in [0.25, 0.3) is 0 Å². The van der Waals surface area contributed by atoms with Crippen molar-refractivity contribution in [2.45, 2.75) is 113 Å². The van der Waals surface area contributed by atoms with Gasteiger partial charge in [-0.2, -0.15) is 0 Å². The Balaban J connectivity index is 0.000000291. The summed E-state index contributed by atoms with van der Waals surface area (Å²) in [6, 6.07) is 0. The predicted octanol–water partition coefficient (Wildman–Crippen LogP) is 8.78. The molecule has 1 saturated carbocycles. The smallest absolute Gasteiger partial charge is 0.133 e. The van der Waals surface area contributed by atoms with Crippen molar-refractivity contribution in [2.75, 3.05) is 0 Å². The summed E-state index contributed by atoms with van der Waals surface area (Å²) in [5.74, 6) is 4.43. The topological polar surface area (TPSA) is 17.1 Å². The van der Waals surface area contributed by atoms with Crippen molar-refractivity contribution in [2.24, 2.45) is 40.9 Å². The highest BCUT2D eigenvalue weighted by Gasteiger charge is 2.37. The number of rotatable bonds is 7. The van der Waals surface area contributed by atoms with E-state index in [9.17, 15) is 9.18 Å². The number of halogens is 1. The molecule has 0 heterocycles. The van der Waals surface area contributed by atoms with Crippen molar-refractivity contribution >= 4 is 5.78 Å². The van der Waals surface area contributed by atoms with Crippen LogP contribution in [0.4, 0.5) is 4.39 Å². The number of carbonyl (C=O) groups is 1. The minimum absolute atomic E-state index is 0.125. The molecular weight excluding hydrogens is 359 g/mol. The Kier molecular flexibility index (Phi) is 11.1. The van der Waals surface area contributed by atoms with Gasteiger partial charge in [0, 0.05) is 12.8 Å². The maximum Gasteiger partial charge on any atom is 0.133 e. The van der Waals surface area contributed by atoms with E-state index in [4.69, 9.17) is 0 Å². The largest absolute Gasteiger partial charge is 0.300 e. The number of hydrogen-bond acceptors (Lipinski definition) is 1. The molecule has 0 saturated heterocycles. The average Bonchev–Trinajstić information content (AvgIpc) is 2.60. The molecule has 0 amide bonds. The highest BCUT2D eigenvalue weighted by Crippen LogP contribution is 2.48. The molecule has 2 atom stereocenters. The van der Waals surface area contributed by atoms with Gasteiger partial charge in [-0.15, -0.1) is 0 Å². The van der Waals surface area contributed by atoms with Crippen molar-refractivity contribution in [1.82, 2.24) is 0 Å². The summed E-state index contributed by atoms with van der Waals surface area (Å²) in [5, 5.41) is 0. The lowest BCUT2D eigenvalue weighted by atomic mass is 9.62. The zero-order chi connectivity index (χ0) is 22.2. The Bertz CT molecular complexity index is 507. The third-order valence-electron chi connectivity index (χ3n) is 7.37. The summed E-state index contributed by atoms with van der Waals surface area (Å²) in [6.07, 6.45) is 11.6. The molecule has 0 aromatic carbocycles. The molecule has 2 unspecified atom stereocenters. The third-order valence-corrected chi connectivity index (χ3v) is 7.37. The quantitative estimate of drug-likeness (QED) is 0.411. The van der Waals surface area contributed by atoms with Crippen LogP contribution in [0.15, 0.2) is 11.9 Å². The van der Waals surface area contributed by atoms with Crippen molar-refractivity contribution < 1.29 is 9.18 Å². The number of allylic oxidation sites excluding steroid dienone is 2. The Labute approximate surface area is 181 Å². The van der Waals surface area contributed by atoms with E-state index in [0.717, 1.165) is 37.5 Å². The Morgan fingerprint density at radius 2 is 1.66 bits per heavy atom. The monoisotopic (exact) mass is 408 g/mol. The van der Waals surface area contributed by atoms with E-state index in [1.807, 2.05) is 6.08 Å². The number of ketones is 1. The molecule has 1 fully saturated rings. The summed E-state index contributed by atoms with van der Waals surface area (Å²) >= 11 is 0. The summed E-state index contributed by atoms with van der Waals surface area (Å²) in [4.78, 5) is 11.7. The van der Waals surface area contributed by atoms with Crippen LogP contribution in [0.1, 0.15) is 113 Å². The van der Waals surface area contributed by atoms with Gasteiger partial charge in [0.15, 0.2) is 0 Å². The van der Waals surface area contributed by atoms with E-state index in [0.29, 0.717) is 41.3 Å². The van der Waals surface area contributed by atoms with Crippen LogP contribution < -0.4 is 0 Å². The number of hydrogen-bond donors (Lipinski definition) is 0. The molecule has 2 rings (SSSR count). The zero-order valence-corrected chi connectivity index (χ0v) is 20.7. The summed E-state index contributed by atoms with van der Waals surface area (Å²) in [7, 11) is 0. The molecule has 2 aliphatic rings. The van der Waals surface area contributed by atoms with Gasteiger partial charge < -0.3 is 0 Å². The summed E-state index contributed by atoms with van der Waals surface area (Å²) < 4.78 is 13.0. The van der Waals surface area contributed by atoms with Gasteiger partial charge in [0.05, 0.1) is 5.83 Å². The SMILES string of the molecule is CC(C)CC(=O)CC(C(C)C)C(C)C.CC1(C)CCCCC1C1CC=C(F)CC1. The predicted molar refractivity (Wildman–Crippen MR) is 125 cm³/mol. The molecule has 2 heteroatoms. The van der Waals surface area contributed by atoms with Crippen LogP contribution in [0.2, 0.25) is 0 Å². The molecular formula is C27H49FO. The van der Waals surface area contributed by atoms with Crippen molar-refractivity contribution in [1.29, 1.82) is 0 Å². The highest BCUT2D eigenvalue weighted by atomic mass is 19.1. The molecule has 0 aromatic rings. The molecule has 0 N–H and O–H groups in total.